The number of anilines is 1. The third-order valence-electron chi connectivity index (χ3n) is 2.45. The van der Waals surface area contributed by atoms with E-state index in [0.717, 1.165) is 4.47 Å². The van der Waals surface area contributed by atoms with Crippen LogP contribution in [0.3, 0.4) is 0 Å². The van der Waals surface area contributed by atoms with Crippen molar-refractivity contribution in [3.05, 3.63) is 58.3 Å². The summed E-state index contributed by atoms with van der Waals surface area (Å²) in [6, 6.07) is 11.9. The summed E-state index contributed by atoms with van der Waals surface area (Å²) in [7, 11) is -1.29. The minimum atomic E-state index is -1.29. The van der Waals surface area contributed by atoms with Gasteiger partial charge in [0.15, 0.2) is 0 Å². The first-order valence-electron chi connectivity index (χ1n) is 5.25. The van der Waals surface area contributed by atoms with E-state index in [-0.39, 0.29) is 11.4 Å². The van der Waals surface area contributed by atoms with Crippen LogP contribution in [0.15, 0.2) is 51.8 Å². The number of nitrogen functional groups attached to an aromatic ring is 1. The summed E-state index contributed by atoms with van der Waals surface area (Å²) in [4.78, 5) is 0.659. The molecule has 0 aliphatic heterocycles. The van der Waals surface area contributed by atoms with Crippen LogP contribution < -0.4 is 5.73 Å². The van der Waals surface area contributed by atoms with Crippen LogP contribution in [0.5, 0.6) is 0 Å². The van der Waals surface area contributed by atoms with Gasteiger partial charge in [0.1, 0.15) is 5.82 Å². The SMILES string of the molecule is Nc1cccc(CS(=O)c2cccc(Br)c2)c1F. The lowest BCUT2D eigenvalue weighted by atomic mass is 10.2. The molecule has 0 aliphatic rings. The highest BCUT2D eigenvalue weighted by atomic mass is 79.9. The second-order valence-corrected chi connectivity index (χ2v) is 6.13. The predicted octanol–water partition coefficient (Wildman–Crippen LogP) is 3.48. The Labute approximate surface area is 116 Å². The molecule has 2 aromatic carbocycles. The first-order chi connectivity index (χ1) is 8.58. The van der Waals surface area contributed by atoms with Gasteiger partial charge in [0, 0.05) is 14.9 Å². The van der Waals surface area contributed by atoms with Gasteiger partial charge in [-0.25, -0.2) is 4.39 Å². The van der Waals surface area contributed by atoms with Crippen LogP contribution >= 0.6 is 15.9 Å². The second kappa shape index (κ2) is 5.63. The van der Waals surface area contributed by atoms with Gasteiger partial charge in [-0.1, -0.05) is 34.1 Å². The molecule has 94 valence electrons. The smallest absolute Gasteiger partial charge is 0.150 e. The molecular formula is C13H11BrFNOS. The largest absolute Gasteiger partial charge is 0.396 e. The summed E-state index contributed by atoms with van der Waals surface area (Å²) < 4.78 is 26.6. The number of nitrogens with two attached hydrogens (primary N) is 1. The normalized spacial score (nSPS) is 12.3. The number of halogens is 2. The van der Waals surface area contributed by atoms with Gasteiger partial charge in [0.2, 0.25) is 0 Å². The van der Waals surface area contributed by atoms with Gasteiger partial charge in [-0.15, -0.1) is 0 Å². The van der Waals surface area contributed by atoms with Gasteiger partial charge in [0.25, 0.3) is 0 Å². The summed E-state index contributed by atoms with van der Waals surface area (Å²) in [5, 5.41) is 0. The zero-order valence-electron chi connectivity index (χ0n) is 9.40. The van der Waals surface area contributed by atoms with Gasteiger partial charge < -0.3 is 5.73 Å². The molecule has 0 aromatic heterocycles. The van der Waals surface area contributed by atoms with Crippen molar-refractivity contribution in [3.63, 3.8) is 0 Å². The maximum Gasteiger partial charge on any atom is 0.150 e. The van der Waals surface area contributed by atoms with Gasteiger partial charge in [0.05, 0.1) is 22.2 Å². The zero-order valence-corrected chi connectivity index (χ0v) is 11.8. The molecule has 0 radical (unpaired) electrons. The van der Waals surface area contributed by atoms with E-state index in [1.165, 1.54) is 6.07 Å². The molecule has 2 N–H and O–H groups in total. The van der Waals surface area contributed by atoms with E-state index in [2.05, 4.69) is 15.9 Å². The highest BCUT2D eigenvalue weighted by Gasteiger charge is 2.11. The topological polar surface area (TPSA) is 43.1 Å². The highest BCUT2D eigenvalue weighted by molar-refractivity contribution is 9.10. The maximum atomic E-state index is 13.7. The molecule has 2 rings (SSSR count). The van der Waals surface area contributed by atoms with E-state index < -0.39 is 16.6 Å². The zero-order chi connectivity index (χ0) is 13.1. The van der Waals surface area contributed by atoms with Crippen LogP contribution in [-0.4, -0.2) is 4.21 Å². The molecule has 0 fully saturated rings. The first-order valence-corrected chi connectivity index (χ1v) is 7.36. The first kappa shape index (κ1) is 13.2. The van der Waals surface area contributed by atoms with E-state index in [1.807, 2.05) is 6.07 Å². The lowest BCUT2D eigenvalue weighted by Gasteiger charge is -2.06. The van der Waals surface area contributed by atoms with Gasteiger partial charge in [-0.3, -0.25) is 4.21 Å². The molecule has 0 saturated carbocycles. The number of hydrogen-bond acceptors (Lipinski definition) is 2. The molecule has 0 saturated heterocycles. The molecule has 0 aliphatic carbocycles. The summed E-state index contributed by atoms with van der Waals surface area (Å²) in [5.74, 6) is -0.367. The van der Waals surface area contributed by atoms with Crippen LogP contribution in [0.2, 0.25) is 0 Å². The Morgan fingerprint density at radius 1 is 1.22 bits per heavy atom. The third-order valence-corrected chi connectivity index (χ3v) is 4.30. The fourth-order valence-electron chi connectivity index (χ4n) is 1.54. The molecule has 0 spiro atoms. The fourth-order valence-corrected chi connectivity index (χ4v) is 3.26. The monoisotopic (exact) mass is 327 g/mol. The quantitative estimate of drug-likeness (QED) is 0.877. The van der Waals surface area contributed by atoms with Crippen molar-refractivity contribution in [3.8, 4) is 0 Å². The van der Waals surface area contributed by atoms with Crippen molar-refractivity contribution in [1.29, 1.82) is 0 Å². The molecule has 0 bridgehead atoms. The van der Waals surface area contributed by atoms with Crippen molar-refractivity contribution in [2.24, 2.45) is 0 Å². The molecule has 1 atom stereocenters. The Morgan fingerprint density at radius 3 is 2.67 bits per heavy atom. The molecular weight excluding hydrogens is 317 g/mol. The van der Waals surface area contributed by atoms with Crippen molar-refractivity contribution in [1.82, 2.24) is 0 Å². The Morgan fingerprint density at radius 2 is 1.94 bits per heavy atom. The second-order valence-electron chi connectivity index (χ2n) is 3.77. The average molecular weight is 328 g/mol. The van der Waals surface area contributed by atoms with Crippen molar-refractivity contribution in [2.75, 3.05) is 5.73 Å². The summed E-state index contributed by atoms with van der Waals surface area (Å²) >= 11 is 3.31. The summed E-state index contributed by atoms with van der Waals surface area (Å²) in [6.45, 7) is 0. The Bertz CT molecular complexity index is 603. The van der Waals surface area contributed by atoms with E-state index in [9.17, 15) is 8.60 Å². The van der Waals surface area contributed by atoms with Crippen molar-refractivity contribution >= 4 is 32.4 Å². The summed E-state index contributed by atoms with van der Waals surface area (Å²) in [6.07, 6.45) is 0. The van der Waals surface area contributed by atoms with Crippen LogP contribution in [0.4, 0.5) is 10.1 Å². The number of rotatable bonds is 3. The van der Waals surface area contributed by atoms with Crippen LogP contribution in [0, 0.1) is 5.82 Å². The van der Waals surface area contributed by atoms with Gasteiger partial charge in [-0.2, -0.15) is 0 Å². The molecule has 5 heteroatoms. The molecule has 2 nitrogen and oxygen atoms in total. The van der Waals surface area contributed by atoms with Crippen molar-refractivity contribution < 1.29 is 8.60 Å². The number of hydrogen-bond donors (Lipinski definition) is 1. The fraction of sp³-hybridized carbons (Fsp3) is 0.0769. The predicted molar refractivity (Wildman–Crippen MR) is 75.1 cm³/mol. The standard InChI is InChI=1S/C13H11BrFNOS/c14-10-4-2-5-11(7-10)18(17)8-9-3-1-6-12(16)13(9)15/h1-7H,8,16H2. The van der Waals surface area contributed by atoms with Crippen LogP contribution in [-0.2, 0) is 16.6 Å². The van der Waals surface area contributed by atoms with E-state index in [1.54, 1.807) is 30.3 Å². The lowest BCUT2D eigenvalue weighted by Crippen LogP contribution is -2.01. The summed E-state index contributed by atoms with van der Waals surface area (Å²) in [5.41, 5.74) is 5.93. The third kappa shape index (κ3) is 2.97. The minimum absolute atomic E-state index is 0.0822. The Balaban J connectivity index is 2.24. The minimum Gasteiger partial charge on any atom is -0.396 e. The van der Waals surface area contributed by atoms with Crippen LogP contribution in [0.25, 0.3) is 0 Å². The molecule has 2 aromatic rings. The Hall–Kier alpha value is -1.20. The molecule has 18 heavy (non-hydrogen) atoms. The van der Waals surface area contributed by atoms with E-state index in [4.69, 9.17) is 5.73 Å². The Kier molecular flexibility index (Phi) is 4.14. The lowest BCUT2D eigenvalue weighted by molar-refractivity contribution is 0.620. The van der Waals surface area contributed by atoms with E-state index >= 15 is 0 Å². The van der Waals surface area contributed by atoms with Crippen molar-refractivity contribution in [2.45, 2.75) is 10.6 Å². The number of benzene rings is 2. The highest BCUT2D eigenvalue weighted by Crippen LogP contribution is 2.20. The van der Waals surface area contributed by atoms with Gasteiger partial charge >= 0.3 is 0 Å². The molecule has 0 amide bonds. The van der Waals surface area contributed by atoms with E-state index in [0.29, 0.717) is 10.5 Å². The van der Waals surface area contributed by atoms with Crippen LogP contribution in [0.1, 0.15) is 5.56 Å². The molecule has 1 unspecified atom stereocenters. The van der Waals surface area contributed by atoms with Gasteiger partial charge in [-0.05, 0) is 24.3 Å². The average Bonchev–Trinajstić information content (AvgIpc) is 2.35. The maximum absolute atomic E-state index is 13.7. The molecule has 0 heterocycles.